The molecular formula is C16H17NO2S. The number of amides is 1. The lowest BCUT2D eigenvalue weighted by atomic mass is 10.1. The molecule has 0 fully saturated rings. The van der Waals surface area contributed by atoms with Crippen molar-refractivity contribution in [2.24, 2.45) is 0 Å². The van der Waals surface area contributed by atoms with Gasteiger partial charge in [0.1, 0.15) is 0 Å². The molecule has 3 nitrogen and oxygen atoms in total. The molecule has 3 rings (SSSR count). The number of nitrogens with one attached hydrogen (secondary N) is 1. The second-order valence-electron chi connectivity index (χ2n) is 5.03. The molecule has 0 aliphatic heterocycles. The minimum Gasteiger partial charge on any atom is -0.394 e. The van der Waals surface area contributed by atoms with Crippen molar-refractivity contribution >= 4 is 17.2 Å². The standard InChI is InChI=1S/C16H17NO2S/c18-10-13(11-5-2-1-3-6-11)17-16(19)15-9-12-7-4-8-14(12)20-15/h1-3,5-6,9,13,18H,4,7-8,10H2,(H,17,19). The van der Waals surface area contributed by atoms with Crippen molar-refractivity contribution in [3.05, 3.63) is 57.3 Å². The summed E-state index contributed by atoms with van der Waals surface area (Å²) < 4.78 is 0. The zero-order valence-electron chi connectivity index (χ0n) is 11.1. The maximum atomic E-state index is 12.3. The fourth-order valence-electron chi connectivity index (χ4n) is 2.59. The van der Waals surface area contributed by atoms with Gasteiger partial charge in [-0.05, 0) is 36.5 Å². The maximum absolute atomic E-state index is 12.3. The van der Waals surface area contributed by atoms with Gasteiger partial charge < -0.3 is 10.4 Å². The van der Waals surface area contributed by atoms with E-state index in [1.807, 2.05) is 36.4 Å². The number of carbonyl (C=O) groups is 1. The highest BCUT2D eigenvalue weighted by molar-refractivity contribution is 7.14. The van der Waals surface area contributed by atoms with Crippen LogP contribution in [0.4, 0.5) is 0 Å². The summed E-state index contributed by atoms with van der Waals surface area (Å²) in [6.45, 7) is -0.0964. The van der Waals surface area contributed by atoms with Crippen LogP contribution in [0.1, 0.15) is 38.1 Å². The first-order chi connectivity index (χ1) is 9.78. The Bertz CT molecular complexity index is 585. The molecule has 1 amide bonds. The van der Waals surface area contributed by atoms with Crippen LogP contribution >= 0.6 is 11.3 Å². The van der Waals surface area contributed by atoms with Crippen LogP contribution in [0.15, 0.2) is 36.4 Å². The Labute approximate surface area is 122 Å². The van der Waals surface area contributed by atoms with E-state index in [2.05, 4.69) is 5.32 Å². The van der Waals surface area contributed by atoms with E-state index in [0.29, 0.717) is 0 Å². The van der Waals surface area contributed by atoms with Gasteiger partial charge >= 0.3 is 0 Å². The van der Waals surface area contributed by atoms with Gasteiger partial charge in [0.2, 0.25) is 0 Å². The molecule has 2 N–H and O–H groups in total. The van der Waals surface area contributed by atoms with E-state index < -0.39 is 0 Å². The van der Waals surface area contributed by atoms with Crippen LogP contribution in [0.25, 0.3) is 0 Å². The van der Waals surface area contributed by atoms with Gasteiger partial charge in [0.05, 0.1) is 17.5 Å². The number of aryl methyl sites for hydroxylation is 2. The number of carbonyl (C=O) groups excluding carboxylic acids is 1. The molecule has 1 aromatic heterocycles. The van der Waals surface area contributed by atoms with Gasteiger partial charge in [0.25, 0.3) is 5.91 Å². The fraction of sp³-hybridized carbons (Fsp3) is 0.312. The third-order valence-electron chi connectivity index (χ3n) is 3.66. The molecule has 1 heterocycles. The highest BCUT2D eigenvalue weighted by atomic mass is 32.1. The van der Waals surface area contributed by atoms with Crippen molar-refractivity contribution in [1.82, 2.24) is 5.32 Å². The summed E-state index contributed by atoms with van der Waals surface area (Å²) in [5.41, 5.74) is 2.24. The van der Waals surface area contributed by atoms with Crippen molar-refractivity contribution in [2.75, 3.05) is 6.61 Å². The number of hydrogen-bond donors (Lipinski definition) is 2. The first-order valence-corrected chi connectivity index (χ1v) is 7.68. The first-order valence-electron chi connectivity index (χ1n) is 6.86. The van der Waals surface area contributed by atoms with Gasteiger partial charge in [-0.3, -0.25) is 4.79 Å². The largest absolute Gasteiger partial charge is 0.394 e. The molecule has 1 unspecified atom stereocenters. The summed E-state index contributed by atoms with van der Waals surface area (Å²) >= 11 is 1.58. The summed E-state index contributed by atoms with van der Waals surface area (Å²) in [4.78, 5) is 14.4. The summed E-state index contributed by atoms with van der Waals surface area (Å²) in [5, 5.41) is 12.4. The van der Waals surface area contributed by atoms with E-state index in [1.54, 1.807) is 11.3 Å². The van der Waals surface area contributed by atoms with Gasteiger partial charge in [-0.1, -0.05) is 30.3 Å². The number of fused-ring (bicyclic) bond motifs is 1. The molecule has 1 aromatic carbocycles. The second kappa shape index (κ2) is 5.77. The Kier molecular flexibility index (Phi) is 3.85. The van der Waals surface area contributed by atoms with Gasteiger partial charge in [0, 0.05) is 4.88 Å². The first kappa shape index (κ1) is 13.3. The van der Waals surface area contributed by atoms with E-state index in [0.717, 1.165) is 23.3 Å². The molecule has 20 heavy (non-hydrogen) atoms. The van der Waals surface area contributed by atoms with Crippen LogP contribution in [0, 0.1) is 0 Å². The third kappa shape index (κ3) is 2.62. The second-order valence-corrected chi connectivity index (χ2v) is 6.17. The van der Waals surface area contributed by atoms with Gasteiger partial charge in [-0.25, -0.2) is 0 Å². The minimum atomic E-state index is -0.347. The maximum Gasteiger partial charge on any atom is 0.261 e. The molecule has 0 saturated carbocycles. The summed E-state index contributed by atoms with van der Waals surface area (Å²) in [7, 11) is 0. The van der Waals surface area contributed by atoms with E-state index in [9.17, 15) is 9.90 Å². The Balaban J connectivity index is 1.74. The van der Waals surface area contributed by atoms with Crippen molar-refractivity contribution in [2.45, 2.75) is 25.3 Å². The predicted octanol–water partition coefficient (Wildman–Crippen LogP) is 2.70. The molecule has 4 heteroatoms. The Morgan fingerprint density at radius 2 is 2.10 bits per heavy atom. The highest BCUT2D eigenvalue weighted by Gasteiger charge is 2.20. The highest BCUT2D eigenvalue weighted by Crippen LogP contribution is 2.30. The van der Waals surface area contributed by atoms with Gasteiger partial charge in [-0.15, -0.1) is 11.3 Å². The number of rotatable bonds is 4. The summed E-state index contributed by atoms with van der Waals surface area (Å²) in [5.74, 6) is -0.0905. The lowest BCUT2D eigenvalue weighted by molar-refractivity contribution is 0.0920. The average Bonchev–Trinajstić information content (AvgIpc) is 3.06. The zero-order chi connectivity index (χ0) is 13.9. The summed E-state index contributed by atoms with van der Waals surface area (Å²) in [6.07, 6.45) is 3.38. The molecule has 1 aliphatic carbocycles. The molecule has 1 aliphatic rings. The monoisotopic (exact) mass is 287 g/mol. The topological polar surface area (TPSA) is 49.3 Å². The number of aliphatic hydroxyl groups is 1. The fourth-order valence-corrected chi connectivity index (χ4v) is 3.75. The molecule has 1 atom stereocenters. The van der Waals surface area contributed by atoms with Crippen molar-refractivity contribution in [3.8, 4) is 0 Å². The minimum absolute atomic E-state index is 0.0905. The number of thiophene rings is 1. The van der Waals surface area contributed by atoms with Crippen LogP contribution in [-0.4, -0.2) is 17.6 Å². The molecule has 0 bridgehead atoms. The quantitative estimate of drug-likeness (QED) is 0.908. The molecule has 104 valence electrons. The van der Waals surface area contributed by atoms with Crippen molar-refractivity contribution in [1.29, 1.82) is 0 Å². The van der Waals surface area contributed by atoms with Crippen LogP contribution in [0.2, 0.25) is 0 Å². The van der Waals surface area contributed by atoms with Gasteiger partial charge in [0.15, 0.2) is 0 Å². The molecule has 0 spiro atoms. The van der Waals surface area contributed by atoms with Crippen LogP contribution in [-0.2, 0) is 12.8 Å². The number of aliphatic hydroxyl groups excluding tert-OH is 1. The summed E-state index contributed by atoms with van der Waals surface area (Å²) in [6, 6.07) is 11.2. The molecule has 2 aromatic rings. The Morgan fingerprint density at radius 3 is 2.80 bits per heavy atom. The SMILES string of the molecule is O=C(NC(CO)c1ccccc1)c1cc2c(s1)CCC2. The van der Waals surface area contributed by atoms with Crippen LogP contribution < -0.4 is 5.32 Å². The van der Waals surface area contributed by atoms with Crippen molar-refractivity contribution < 1.29 is 9.90 Å². The zero-order valence-corrected chi connectivity index (χ0v) is 12.0. The number of hydrogen-bond acceptors (Lipinski definition) is 3. The van der Waals surface area contributed by atoms with E-state index in [-0.39, 0.29) is 18.6 Å². The van der Waals surface area contributed by atoms with Crippen LogP contribution in [0.5, 0.6) is 0 Å². The van der Waals surface area contributed by atoms with E-state index >= 15 is 0 Å². The molecule has 0 radical (unpaired) electrons. The third-order valence-corrected chi connectivity index (χ3v) is 4.90. The van der Waals surface area contributed by atoms with Gasteiger partial charge in [-0.2, -0.15) is 0 Å². The average molecular weight is 287 g/mol. The normalized spacial score (nSPS) is 14.8. The van der Waals surface area contributed by atoms with Crippen molar-refractivity contribution in [3.63, 3.8) is 0 Å². The Hall–Kier alpha value is -1.65. The smallest absolute Gasteiger partial charge is 0.261 e. The Morgan fingerprint density at radius 1 is 1.30 bits per heavy atom. The van der Waals surface area contributed by atoms with Crippen LogP contribution in [0.3, 0.4) is 0 Å². The predicted molar refractivity (Wildman–Crippen MR) is 80.1 cm³/mol. The van der Waals surface area contributed by atoms with E-state index in [4.69, 9.17) is 0 Å². The number of benzene rings is 1. The van der Waals surface area contributed by atoms with E-state index in [1.165, 1.54) is 16.9 Å². The molecular weight excluding hydrogens is 270 g/mol. The molecule has 0 saturated heterocycles. The lowest BCUT2D eigenvalue weighted by Gasteiger charge is -2.16. The lowest BCUT2D eigenvalue weighted by Crippen LogP contribution is -2.30.